The number of aliphatic hydroxyl groups excluding tert-OH is 1. The highest BCUT2D eigenvalue weighted by atomic mass is 35.5. The molecule has 158 valence electrons. The lowest BCUT2D eigenvalue weighted by Crippen LogP contribution is -2.21. The predicted octanol–water partition coefficient (Wildman–Crippen LogP) is 7.21. The van der Waals surface area contributed by atoms with Gasteiger partial charge in [0.1, 0.15) is 0 Å². The van der Waals surface area contributed by atoms with Crippen LogP contribution in [0.2, 0.25) is 10.0 Å². The molecule has 0 radical (unpaired) electrons. The minimum absolute atomic E-state index is 0.0340. The van der Waals surface area contributed by atoms with Crippen LogP contribution in [0.3, 0.4) is 0 Å². The minimum Gasteiger partial charge on any atom is -0.393 e. The number of rotatable bonds is 9. The van der Waals surface area contributed by atoms with Gasteiger partial charge in [-0.3, -0.25) is 4.79 Å². The van der Waals surface area contributed by atoms with Crippen LogP contribution in [0.15, 0.2) is 30.3 Å². The Hall–Kier alpha value is -0.580. The van der Waals surface area contributed by atoms with Gasteiger partial charge >= 0.3 is 0 Å². The standard InChI is InChI=1S/C23H27Cl3O2S/c1-14(27)23-9-8-18(29-23)5-3-6-19-20(22(28)13-21(19)26)7-2-4-15-10-16(24)12-17(25)11-15/h8-12,19-22,28H,2-7,13H2,1H3/t19-,20-,21-,22-/m1/s1. The monoisotopic (exact) mass is 472 g/mol. The summed E-state index contributed by atoms with van der Waals surface area (Å²) < 4.78 is 0. The summed E-state index contributed by atoms with van der Waals surface area (Å²) >= 11 is 20.4. The second kappa shape index (κ2) is 10.6. The summed E-state index contributed by atoms with van der Waals surface area (Å²) in [5.41, 5.74) is 1.13. The zero-order valence-electron chi connectivity index (χ0n) is 16.5. The van der Waals surface area contributed by atoms with Crippen LogP contribution < -0.4 is 0 Å². The van der Waals surface area contributed by atoms with Gasteiger partial charge in [-0.25, -0.2) is 0 Å². The van der Waals surface area contributed by atoms with Crippen molar-refractivity contribution in [3.05, 3.63) is 55.7 Å². The second-order valence-electron chi connectivity index (χ2n) is 8.03. The van der Waals surface area contributed by atoms with Gasteiger partial charge in [0.05, 0.1) is 11.0 Å². The molecule has 1 saturated carbocycles. The fraction of sp³-hybridized carbons (Fsp3) is 0.522. The number of aliphatic hydroxyl groups is 1. The molecule has 0 saturated heterocycles. The molecule has 0 amide bonds. The summed E-state index contributed by atoms with van der Waals surface area (Å²) in [6, 6.07) is 9.62. The van der Waals surface area contributed by atoms with Gasteiger partial charge in [-0.2, -0.15) is 0 Å². The van der Waals surface area contributed by atoms with E-state index in [4.69, 9.17) is 34.8 Å². The maximum Gasteiger partial charge on any atom is 0.169 e. The molecule has 1 aromatic carbocycles. The first kappa shape index (κ1) is 23.1. The van der Waals surface area contributed by atoms with Crippen molar-refractivity contribution in [1.29, 1.82) is 0 Å². The highest BCUT2D eigenvalue weighted by Gasteiger charge is 2.40. The van der Waals surface area contributed by atoms with Gasteiger partial charge in [0.25, 0.3) is 0 Å². The zero-order chi connectivity index (χ0) is 21.0. The molecule has 0 aliphatic heterocycles. The Bertz CT molecular complexity index is 815. The van der Waals surface area contributed by atoms with E-state index in [1.165, 1.54) is 4.88 Å². The zero-order valence-corrected chi connectivity index (χ0v) is 19.6. The molecule has 3 rings (SSSR count). The number of hydrogen-bond donors (Lipinski definition) is 1. The van der Waals surface area contributed by atoms with Gasteiger partial charge in [0.15, 0.2) is 5.78 Å². The van der Waals surface area contributed by atoms with E-state index in [0.717, 1.165) is 49.0 Å². The summed E-state index contributed by atoms with van der Waals surface area (Å²) in [5, 5.41) is 11.9. The molecule has 0 bridgehead atoms. The number of thiophene rings is 1. The van der Waals surface area contributed by atoms with Gasteiger partial charge in [0.2, 0.25) is 0 Å². The maximum atomic E-state index is 11.5. The largest absolute Gasteiger partial charge is 0.393 e. The molecule has 1 aliphatic rings. The topological polar surface area (TPSA) is 37.3 Å². The molecule has 1 fully saturated rings. The highest BCUT2D eigenvalue weighted by molar-refractivity contribution is 7.14. The molecule has 2 aromatic rings. The average molecular weight is 474 g/mol. The van der Waals surface area contributed by atoms with Crippen LogP contribution in [0.5, 0.6) is 0 Å². The third kappa shape index (κ3) is 6.45. The van der Waals surface area contributed by atoms with Crippen molar-refractivity contribution in [3.8, 4) is 0 Å². The molecule has 29 heavy (non-hydrogen) atoms. The van der Waals surface area contributed by atoms with Crippen molar-refractivity contribution in [3.63, 3.8) is 0 Å². The van der Waals surface area contributed by atoms with Gasteiger partial charge < -0.3 is 5.11 Å². The van der Waals surface area contributed by atoms with E-state index in [-0.39, 0.29) is 23.2 Å². The first-order valence-electron chi connectivity index (χ1n) is 10.2. The quantitative estimate of drug-likeness (QED) is 0.308. The van der Waals surface area contributed by atoms with Crippen LogP contribution in [0, 0.1) is 11.8 Å². The Morgan fingerprint density at radius 1 is 1.07 bits per heavy atom. The normalized spacial score (nSPS) is 24.2. The van der Waals surface area contributed by atoms with E-state index in [1.807, 2.05) is 18.2 Å². The fourth-order valence-electron chi connectivity index (χ4n) is 4.45. The molecule has 6 heteroatoms. The van der Waals surface area contributed by atoms with E-state index in [9.17, 15) is 9.90 Å². The smallest absolute Gasteiger partial charge is 0.169 e. The molecule has 1 aromatic heterocycles. The molecule has 0 spiro atoms. The number of carbonyl (C=O) groups is 1. The number of alkyl halides is 1. The van der Waals surface area contributed by atoms with Crippen molar-refractivity contribution < 1.29 is 9.90 Å². The summed E-state index contributed by atoms with van der Waals surface area (Å²) in [7, 11) is 0. The van der Waals surface area contributed by atoms with Crippen molar-refractivity contribution >= 4 is 51.9 Å². The van der Waals surface area contributed by atoms with Gasteiger partial charge in [-0.1, -0.05) is 23.2 Å². The van der Waals surface area contributed by atoms with Gasteiger partial charge in [-0.15, -0.1) is 22.9 Å². The van der Waals surface area contributed by atoms with Crippen molar-refractivity contribution in [2.45, 2.75) is 63.4 Å². The maximum absolute atomic E-state index is 11.5. The van der Waals surface area contributed by atoms with Crippen LogP contribution >= 0.6 is 46.1 Å². The third-order valence-electron chi connectivity index (χ3n) is 5.87. The first-order valence-corrected chi connectivity index (χ1v) is 12.2. The third-order valence-corrected chi connectivity index (χ3v) is 8.05. The van der Waals surface area contributed by atoms with Crippen molar-refractivity contribution in [2.75, 3.05) is 0 Å². The second-order valence-corrected chi connectivity index (χ2v) is 10.6. The fourth-order valence-corrected chi connectivity index (χ4v) is 6.46. The van der Waals surface area contributed by atoms with E-state index in [1.54, 1.807) is 24.3 Å². The van der Waals surface area contributed by atoms with Gasteiger partial charge in [0, 0.05) is 20.3 Å². The molecule has 1 heterocycles. The molecule has 0 unspecified atom stereocenters. The number of Topliss-reactive ketones (excluding diaryl/α,β-unsaturated/α-hetero) is 1. The summed E-state index contributed by atoms with van der Waals surface area (Å²) in [4.78, 5) is 13.5. The van der Waals surface area contributed by atoms with Crippen LogP contribution in [-0.4, -0.2) is 22.4 Å². The number of ketones is 1. The predicted molar refractivity (Wildman–Crippen MR) is 124 cm³/mol. The van der Waals surface area contributed by atoms with Crippen LogP contribution in [-0.2, 0) is 12.8 Å². The summed E-state index contributed by atoms with van der Waals surface area (Å²) in [5.74, 6) is 0.701. The molecule has 1 N–H and O–H groups in total. The molecule has 1 aliphatic carbocycles. The molecule has 4 atom stereocenters. The Morgan fingerprint density at radius 2 is 1.72 bits per heavy atom. The lowest BCUT2D eigenvalue weighted by atomic mass is 9.85. The van der Waals surface area contributed by atoms with Crippen molar-refractivity contribution in [2.24, 2.45) is 11.8 Å². The average Bonchev–Trinajstić information content (AvgIpc) is 3.20. The number of carbonyl (C=O) groups excluding carboxylic acids is 1. The summed E-state index contributed by atoms with van der Waals surface area (Å²) in [6.45, 7) is 1.61. The lowest BCUT2D eigenvalue weighted by Gasteiger charge is -2.23. The van der Waals surface area contributed by atoms with E-state index in [0.29, 0.717) is 22.4 Å². The van der Waals surface area contributed by atoms with Gasteiger partial charge in [-0.05, 0) is 99.6 Å². The van der Waals surface area contributed by atoms with E-state index < -0.39 is 0 Å². The number of aryl methyl sites for hydroxylation is 2. The lowest BCUT2D eigenvalue weighted by molar-refractivity contribution is 0.102. The van der Waals surface area contributed by atoms with E-state index >= 15 is 0 Å². The number of halogens is 3. The number of hydrogen-bond acceptors (Lipinski definition) is 3. The van der Waals surface area contributed by atoms with Crippen LogP contribution in [0.1, 0.15) is 59.1 Å². The van der Waals surface area contributed by atoms with Crippen molar-refractivity contribution in [1.82, 2.24) is 0 Å². The Morgan fingerprint density at radius 3 is 2.38 bits per heavy atom. The highest BCUT2D eigenvalue weighted by Crippen LogP contribution is 2.42. The molecular formula is C23H27Cl3O2S. The van der Waals surface area contributed by atoms with Crippen LogP contribution in [0.4, 0.5) is 0 Å². The summed E-state index contributed by atoms with van der Waals surface area (Å²) in [6.07, 6.45) is 6.17. The van der Waals surface area contributed by atoms with E-state index in [2.05, 4.69) is 6.07 Å². The molecule has 2 nitrogen and oxygen atoms in total. The molecular weight excluding hydrogens is 447 g/mol. The Balaban J connectivity index is 1.50. The van der Waals surface area contributed by atoms with Crippen LogP contribution in [0.25, 0.3) is 0 Å². The SMILES string of the molecule is CC(=O)c1ccc(CCC[C@@H]2[C@@H](CCCc3cc(Cl)cc(Cl)c3)[C@H](O)C[C@H]2Cl)s1. The number of benzene rings is 1. The first-order chi connectivity index (χ1) is 13.8. The Labute approximate surface area is 192 Å². The Kier molecular flexibility index (Phi) is 8.47. The minimum atomic E-state index is -0.323.